The highest BCUT2D eigenvalue weighted by atomic mass is 14.9. The summed E-state index contributed by atoms with van der Waals surface area (Å²) >= 11 is 0. The van der Waals surface area contributed by atoms with Gasteiger partial charge in [-0.15, -0.1) is 0 Å². The number of anilines is 1. The van der Waals surface area contributed by atoms with Crippen molar-refractivity contribution < 1.29 is 0 Å². The first-order valence-electron chi connectivity index (χ1n) is 6.25. The molecule has 0 bridgehead atoms. The summed E-state index contributed by atoms with van der Waals surface area (Å²) in [5.41, 5.74) is 9.10. The molecule has 0 radical (unpaired) electrons. The summed E-state index contributed by atoms with van der Waals surface area (Å²) in [6.45, 7) is 6.40. The van der Waals surface area contributed by atoms with Gasteiger partial charge < -0.3 is 5.73 Å². The number of nitrogens with zero attached hydrogens (tertiary/aromatic N) is 2. The highest BCUT2D eigenvalue weighted by Crippen LogP contribution is 2.21. The van der Waals surface area contributed by atoms with E-state index >= 15 is 0 Å². The SMILES string of the molecule is Cc1ccccc1-c1nc(N)cc(CC(C)C)n1. The number of nitrogen functional groups attached to an aromatic ring is 1. The number of hydrogen-bond acceptors (Lipinski definition) is 3. The van der Waals surface area contributed by atoms with Gasteiger partial charge in [0.2, 0.25) is 0 Å². The fourth-order valence-corrected chi connectivity index (χ4v) is 1.99. The average Bonchev–Trinajstić information content (AvgIpc) is 2.27. The molecule has 94 valence electrons. The van der Waals surface area contributed by atoms with Crippen LogP contribution in [0.5, 0.6) is 0 Å². The van der Waals surface area contributed by atoms with Gasteiger partial charge in [-0.1, -0.05) is 38.1 Å². The Morgan fingerprint density at radius 3 is 2.56 bits per heavy atom. The topological polar surface area (TPSA) is 51.8 Å². The molecule has 0 amide bonds. The highest BCUT2D eigenvalue weighted by Gasteiger charge is 2.08. The number of aromatic nitrogens is 2. The Morgan fingerprint density at radius 2 is 1.89 bits per heavy atom. The van der Waals surface area contributed by atoms with Gasteiger partial charge in [0, 0.05) is 17.3 Å². The minimum atomic E-state index is 0.541. The van der Waals surface area contributed by atoms with Gasteiger partial charge >= 0.3 is 0 Å². The maximum absolute atomic E-state index is 5.87. The van der Waals surface area contributed by atoms with Gasteiger partial charge in [0.25, 0.3) is 0 Å². The van der Waals surface area contributed by atoms with Crippen LogP contribution in [0.1, 0.15) is 25.1 Å². The van der Waals surface area contributed by atoms with Gasteiger partial charge in [0.1, 0.15) is 5.82 Å². The number of hydrogen-bond donors (Lipinski definition) is 1. The zero-order valence-corrected chi connectivity index (χ0v) is 11.1. The molecule has 0 aliphatic heterocycles. The molecule has 2 N–H and O–H groups in total. The number of aryl methyl sites for hydroxylation is 1. The lowest BCUT2D eigenvalue weighted by atomic mass is 10.1. The molecular weight excluding hydrogens is 222 g/mol. The molecule has 3 heteroatoms. The zero-order chi connectivity index (χ0) is 13.1. The fourth-order valence-electron chi connectivity index (χ4n) is 1.99. The first-order valence-corrected chi connectivity index (χ1v) is 6.25. The first-order chi connectivity index (χ1) is 8.56. The molecule has 0 saturated carbocycles. The van der Waals surface area contributed by atoms with Crippen molar-refractivity contribution in [1.29, 1.82) is 0 Å². The van der Waals surface area contributed by atoms with Crippen LogP contribution in [0, 0.1) is 12.8 Å². The second kappa shape index (κ2) is 5.17. The van der Waals surface area contributed by atoms with E-state index in [0.717, 1.165) is 23.5 Å². The molecule has 0 aliphatic carbocycles. The second-order valence-corrected chi connectivity index (χ2v) is 5.02. The van der Waals surface area contributed by atoms with Crippen LogP contribution in [0.25, 0.3) is 11.4 Å². The Kier molecular flexibility index (Phi) is 3.60. The van der Waals surface area contributed by atoms with E-state index in [1.54, 1.807) is 0 Å². The third kappa shape index (κ3) is 2.86. The summed E-state index contributed by atoms with van der Waals surface area (Å²) < 4.78 is 0. The smallest absolute Gasteiger partial charge is 0.162 e. The summed E-state index contributed by atoms with van der Waals surface area (Å²) in [5.74, 6) is 1.83. The first kappa shape index (κ1) is 12.6. The molecule has 0 spiro atoms. The second-order valence-electron chi connectivity index (χ2n) is 5.02. The lowest BCUT2D eigenvalue weighted by molar-refractivity contribution is 0.635. The van der Waals surface area contributed by atoms with E-state index in [1.807, 2.05) is 24.3 Å². The molecular formula is C15H19N3. The number of benzene rings is 1. The molecule has 0 unspecified atom stereocenters. The summed E-state index contributed by atoms with van der Waals surface area (Å²) in [4.78, 5) is 8.95. The van der Waals surface area contributed by atoms with Crippen LogP contribution >= 0.6 is 0 Å². The van der Waals surface area contributed by atoms with E-state index in [-0.39, 0.29) is 0 Å². The van der Waals surface area contributed by atoms with Crippen LogP contribution in [0.15, 0.2) is 30.3 Å². The summed E-state index contributed by atoms with van der Waals surface area (Å²) in [6, 6.07) is 9.96. The van der Waals surface area contributed by atoms with Crippen molar-refractivity contribution in [3.63, 3.8) is 0 Å². The lowest BCUT2D eigenvalue weighted by Gasteiger charge is -2.09. The summed E-state index contributed by atoms with van der Waals surface area (Å²) in [5, 5.41) is 0. The average molecular weight is 241 g/mol. The van der Waals surface area contributed by atoms with Crippen LogP contribution < -0.4 is 5.73 Å². The molecule has 3 nitrogen and oxygen atoms in total. The Hall–Kier alpha value is -1.90. The van der Waals surface area contributed by atoms with Crippen LogP contribution in [-0.2, 0) is 6.42 Å². The largest absolute Gasteiger partial charge is 0.384 e. The van der Waals surface area contributed by atoms with E-state index in [2.05, 4.69) is 36.8 Å². The van der Waals surface area contributed by atoms with Crippen molar-refractivity contribution in [1.82, 2.24) is 9.97 Å². The van der Waals surface area contributed by atoms with Crippen LogP contribution in [0.2, 0.25) is 0 Å². The number of nitrogens with two attached hydrogens (primary N) is 1. The Morgan fingerprint density at radius 1 is 1.17 bits per heavy atom. The minimum Gasteiger partial charge on any atom is -0.384 e. The Balaban J connectivity index is 2.45. The van der Waals surface area contributed by atoms with Crippen LogP contribution in [0.4, 0.5) is 5.82 Å². The Bertz CT molecular complexity index is 547. The molecule has 1 aromatic heterocycles. The quantitative estimate of drug-likeness (QED) is 0.897. The van der Waals surface area contributed by atoms with Gasteiger partial charge in [-0.2, -0.15) is 0 Å². The zero-order valence-electron chi connectivity index (χ0n) is 11.1. The predicted molar refractivity (Wildman–Crippen MR) is 75.2 cm³/mol. The van der Waals surface area contributed by atoms with Crippen LogP contribution in [-0.4, -0.2) is 9.97 Å². The van der Waals surface area contributed by atoms with Gasteiger partial charge in [-0.25, -0.2) is 9.97 Å². The van der Waals surface area contributed by atoms with Crippen molar-refractivity contribution in [3.8, 4) is 11.4 Å². The van der Waals surface area contributed by atoms with Crippen molar-refractivity contribution in [2.24, 2.45) is 5.92 Å². The summed E-state index contributed by atoms with van der Waals surface area (Å²) in [6.07, 6.45) is 0.922. The Labute approximate surface area is 108 Å². The van der Waals surface area contributed by atoms with E-state index in [9.17, 15) is 0 Å². The van der Waals surface area contributed by atoms with Gasteiger partial charge in [0.05, 0.1) is 0 Å². The monoisotopic (exact) mass is 241 g/mol. The van der Waals surface area contributed by atoms with Crippen molar-refractivity contribution in [2.75, 3.05) is 5.73 Å². The third-order valence-electron chi connectivity index (χ3n) is 2.80. The number of rotatable bonds is 3. The van der Waals surface area contributed by atoms with Crippen LogP contribution in [0.3, 0.4) is 0 Å². The molecule has 0 atom stereocenters. The van der Waals surface area contributed by atoms with E-state index in [4.69, 9.17) is 5.73 Å². The maximum Gasteiger partial charge on any atom is 0.162 e. The van der Waals surface area contributed by atoms with E-state index in [1.165, 1.54) is 5.56 Å². The molecule has 1 heterocycles. The summed E-state index contributed by atoms with van der Waals surface area (Å²) in [7, 11) is 0. The molecule has 18 heavy (non-hydrogen) atoms. The molecule has 1 aromatic carbocycles. The van der Waals surface area contributed by atoms with Gasteiger partial charge in [-0.3, -0.25) is 0 Å². The van der Waals surface area contributed by atoms with E-state index < -0.39 is 0 Å². The fraction of sp³-hybridized carbons (Fsp3) is 0.333. The molecule has 2 rings (SSSR count). The van der Waals surface area contributed by atoms with Gasteiger partial charge in [0.15, 0.2) is 5.82 Å². The maximum atomic E-state index is 5.87. The van der Waals surface area contributed by atoms with Crippen molar-refractivity contribution in [3.05, 3.63) is 41.6 Å². The van der Waals surface area contributed by atoms with Gasteiger partial charge in [-0.05, 0) is 24.8 Å². The van der Waals surface area contributed by atoms with Crippen molar-refractivity contribution in [2.45, 2.75) is 27.2 Å². The third-order valence-corrected chi connectivity index (χ3v) is 2.80. The molecule has 0 fully saturated rings. The lowest BCUT2D eigenvalue weighted by Crippen LogP contribution is -2.03. The predicted octanol–water partition coefficient (Wildman–Crippen LogP) is 3.23. The molecule has 0 aliphatic rings. The minimum absolute atomic E-state index is 0.541. The highest BCUT2D eigenvalue weighted by molar-refractivity contribution is 5.61. The molecule has 0 saturated heterocycles. The van der Waals surface area contributed by atoms with Crippen molar-refractivity contribution >= 4 is 5.82 Å². The standard InChI is InChI=1S/C15H19N3/c1-10(2)8-12-9-14(16)18-15(17-12)13-7-5-4-6-11(13)3/h4-7,9-10H,8H2,1-3H3,(H2,16,17,18). The molecule has 2 aromatic rings. The normalized spacial score (nSPS) is 10.9. The van der Waals surface area contributed by atoms with E-state index in [0.29, 0.717) is 11.7 Å².